The fraction of sp³-hybridized carbons (Fsp3) is 0.238. The minimum Gasteiger partial charge on any atom is -0.322 e. The van der Waals surface area contributed by atoms with Crippen molar-refractivity contribution in [3.8, 4) is 5.69 Å². The first-order valence-corrected chi connectivity index (χ1v) is 8.59. The number of aromatic nitrogens is 2. The Morgan fingerprint density at radius 1 is 1.12 bits per heavy atom. The van der Waals surface area contributed by atoms with Crippen molar-refractivity contribution in [2.45, 2.75) is 33.6 Å². The molecule has 0 spiro atoms. The average molecular weight is 351 g/mol. The van der Waals surface area contributed by atoms with Crippen molar-refractivity contribution in [1.82, 2.24) is 9.78 Å². The molecule has 2 aromatic carbocycles. The Bertz CT molecular complexity index is 942. The molecule has 134 valence electrons. The molecule has 4 nitrogen and oxygen atoms in total. The Morgan fingerprint density at radius 3 is 2.42 bits per heavy atom. The second kappa shape index (κ2) is 7.12. The van der Waals surface area contributed by atoms with Gasteiger partial charge in [-0.2, -0.15) is 5.10 Å². The van der Waals surface area contributed by atoms with Crippen LogP contribution in [0.1, 0.15) is 46.9 Å². The van der Waals surface area contributed by atoms with Crippen LogP contribution in [0.4, 0.5) is 10.1 Å². The summed E-state index contributed by atoms with van der Waals surface area (Å²) >= 11 is 0. The number of anilines is 1. The zero-order chi connectivity index (χ0) is 18.8. The number of hydrogen-bond donors (Lipinski definition) is 1. The number of amides is 1. The van der Waals surface area contributed by atoms with Gasteiger partial charge in [0.05, 0.1) is 23.1 Å². The number of hydrogen-bond acceptors (Lipinski definition) is 2. The third kappa shape index (κ3) is 3.52. The molecule has 1 amide bonds. The Hall–Kier alpha value is -2.95. The van der Waals surface area contributed by atoms with E-state index in [1.807, 2.05) is 45.0 Å². The maximum absolute atomic E-state index is 13.3. The normalized spacial score (nSPS) is 11.0. The molecule has 0 radical (unpaired) electrons. The van der Waals surface area contributed by atoms with Crippen LogP contribution in [0.15, 0.2) is 48.7 Å². The summed E-state index contributed by atoms with van der Waals surface area (Å²) in [6.07, 6.45) is 1.59. The highest BCUT2D eigenvalue weighted by Crippen LogP contribution is 2.25. The third-order valence-electron chi connectivity index (χ3n) is 4.31. The van der Waals surface area contributed by atoms with E-state index in [9.17, 15) is 9.18 Å². The van der Waals surface area contributed by atoms with E-state index in [-0.39, 0.29) is 17.6 Å². The lowest BCUT2D eigenvalue weighted by atomic mass is 10.0. The van der Waals surface area contributed by atoms with Crippen molar-refractivity contribution in [2.24, 2.45) is 0 Å². The molecule has 0 saturated carbocycles. The van der Waals surface area contributed by atoms with E-state index in [1.54, 1.807) is 23.9 Å². The fourth-order valence-electron chi connectivity index (χ4n) is 2.94. The molecule has 0 unspecified atom stereocenters. The first-order valence-electron chi connectivity index (χ1n) is 8.59. The first kappa shape index (κ1) is 17.9. The molecule has 26 heavy (non-hydrogen) atoms. The molecule has 3 aromatic rings. The second-order valence-electron chi connectivity index (χ2n) is 6.76. The van der Waals surface area contributed by atoms with Crippen LogP contribution in [-0.4, -0.2) is 15.7 Å². The zero-order valence-electron chi connectivity index (χ0n) is 15.4. The standard InChI is InChI=1S/C21H22FN3O/c1-13(2)20-18(12-23-25(20)17-8-5-14(3)6-9-17)21(26)24-19-10-7-16(22)11-15(19)4/h5-13H,1-4H3,(H,24,26). The van der Waals surface area contributed by atoms with Gasteiger partial charge >= 0.3 is 0 Å². The van der Waals surface area contributed by atoms with Crippen molar-refractivity contribution in [3.63, 3.8) is 0 Å². The van der Waals surface area contributed by atoms with Gasteiger partial charge in [0.25, 0.3) is 5.91 Å². The minimum absolute atomic E-state index is 0.105. The van der Waals surface area contributed by atoms with Crippen LogP contribution in [0.5, 0.6) is 0 Å². The maximum atomic E-state index is 13.3. The lowest BCUT2D eigenvalue weighted by Crippen LogP contribution is -2.16. The summed E-state index contributed by atoms with van der Waals surface area (Å²) in [5.74, 6) is -0.466. The van der Waals surface area contributed by atoms with E-state index in [4.69, 9.17) is 0 Å². The highest BCUT2D eigenvalue weighted by Gasteiger charge is 2.21. The number of carbonyl (C=O) groups excluding carboxylic acids is 1. The van der Waals surface area contributed by atoms with Gasteiger partial charge in [0.15, 0.2) is 0 Å². The molecule has 1 N–H and O–H groups in total. The molecule has 0 aliphatic rings. The number of aryl methyl sites for hydroxylation is 2. The second-order valence-corrected chi connectivity index (χ2v) is 6.76. The third-order valence-corrected chi connectivity index (χ3v) is 4.31. The van der Waals surface area contributed by atoms with Crippen LogP contribution in [-0.2, 0) is 0 Å². The predicted octanol–water partition coefficient (Wildman–Crippen LogP) is 5.00. The van der Waals surface area contributed by atoms with Gasteiger partial charge in [-0.3, -0.25) is 4.79 Å². The van der Waals surface area contributed by atoms with E-state index in [0.717, 1.165) is 16.9 Å². The van der Waals surface area contributed by atoms with Gasteiger partial charge in [0.1, 0.15) is 5.82 Å². The first-order chi connectivity index (χ1) is 12.4. The number of nitrogens with zero attached hydrogens (tertiary/aromatic N) is 2. The molecule has 0 saturated heterocycles. The van der Waals surface area contributed by atoms with Crippen LogP contribution in [0.3, 0.4) is 0 Å². The molecule has 0 atom stereocenters. The largest absolute Gasteiger partial charge is 0.322 e. The molecule has 1 aromatic heterocycles. The Balaban J connectivity index is 1.97. The maximum Gasteiger partial charge on any atom is 0.259 e. The molecule has 0 aliphatic heterocycles. The van der Waals surface area contributed by atoms with Gasteiger partial charge in [0, 0.05) is 5.69 Å². The van der Waals surface area contributed by atoms with E-state index in [0.29, 0.717) is 16.8 Å². The molecule has 1 heterocycles. The van der Waals surface area contributed by atoms with Crippen molar-refractivity contribution in [2.75, 3.05) is 5.32 Å². The molecular weight excluding hydrogens is 329 g/mol. The molecule has 0 fully saturated rings. The van der Waals surface area contributed by atoms with Crippen molar-refractivity contribution in [1.29, 1.82) is 0 Å². The topological polar surface area (TPSA) is 46.9 Å². The molecule has 5 heteroatoms. The molecular formula is C21H22FN3O. The van der Waals surface area contributed by atoms with E-state index >= 15 is 0 Å². The van der Waals surface area contributed by atoms with Gasteiger partial charge in [-0.05, 0) is 55.7 Å². The number of benzene rings is 2. The minimum atomic E-state index is -0.324. The summed E-state index contributed by atoms with van der Waals surface area (Å²) in [4.78, 5) is 12.8. The van der Waals surface area contributed by atoms with E-state index in [1.165, 1.54) is 12.1 Å². The van der Waals surface area contributed by atoms with Gasteiger partial charge in [0.2, 0.25) is 0 Å². The molecule has 0 aliphatic carbocycles. The lowest BCUT2D eigenvalue weighted by Gasteiger charge is -2.14. The number of nitrogens with one attached hydrogen (secondary N) is 1. The Labute approximate surface area is 152 Å². The smallest absolute Gasteiger partial charge is 0.259 e. The summed E-state index contributed by atoms with van der Waals surface area (Å²) in [6, 6.07) is 12.3. The Kier molecular flexibility index (Phi) is 4.89. The quantitative estimate of drug-likeness (QED) is 0.719. The molecule has 3 rings (SSSR count). The van der Waals surface area contributed by atoms with Gasteiger partial charge in [-0.1, -0.05) is 31.5 Å². The number of halogens is 1. The summed E-state index contributed by atoms with van der Waals surface area (Å²) in [6.45, 7) is 7.85. The summed E-state index contributed by atoms with van der Waals surface area (Å²) in [7, 11) is 0. The van der Waals surface area contributed by atoms with Crippen LogP contribution < -0.4 is 5.32 Å². The number of rotatable bonds is 4. The summed E-state index contributed by atoms with van der Waals surface area (Å²) in [5.41, 5.74) is 4.70. The SMILES string of the molecule is Cc1ccc(-n2ncc(C(=O)Nc3ccc(F)cc3C)c2C(C)C)cc1. The summed E-state index contributed by atoms with van der Waals surface area (Å²) in [5, 5.41) is 7.30. The van der Waals surface area contributed by atoms with Crippen LogP contribution in [0.2, 0.25) is 0 Å². The van der Waals surface area contributed by atoms with Crippen LogP contribution in [0.25, 0.3) is 5.69 Å². The zero-order valence-corrected chi connectivity index (χ0v) is 15.4. The van der Waals surface area contributed by atoms with Gasteiger partial charge in [-0.15, -0.1) is 0 Å². The average Bonchev–Trinajstić information content (AvgIpc) is 3.03. The molecule has 0 bridgehead atoms. The van der Waals surface area contributed by atoms with Crippen LogP contribution in [0, 0.1) is 19.7 Å². The predicted molar refractivity (Wildman–Crippen MR) is 101 cm³/mol. The van der Waals surface area contributed by atoms with Crippen molar-refractivity contribution in [3.05, 3.63) is 76.9 Å². The van der Waals surface area contributed by atoms with Crippen LogP contribution >= 0.6 is 0 Å². The number of carbonyl (C=O) groups is 1. The highest BCUT2D eigenvalue weighted by molar-refractivity contribution is 6.05. The van der Waals surface area contributed by atoms with Crippen molar-refractivity contribution >= 4 is 11.6 Å². The highest BCUT2D eigenvalue weighted by atomic mass is 19.1. The fourth-order valence-corrected chi connectivity index (χ4v) is 2.94. The van der Waals surface area contributed by atoms with Gasteiger partial charge in [-0.25, -0.2) is 9.07 Å². The van der Waals surface area contributed by atoms with Crippen molar-refractivity contribution < 1.29 is 9.18 Å². The summed E-state index contributed by atoms with van der Waals surface area (Å²) < 4.78 is 15.1. The van der Waals surface area contributed by atoms with E-state index < -0.39 is 0 Å². The van der Waals surface area contributed by atoms with Gasteiger partial charge < -0.3 is 5.32 Å². The van der Waals surface area contributed by atoms with E-state index in [2.05, 4.69) is 10.4 Å². The Morgan fingerprint density at radius 2 is 1.81 bits per heavy atom. The monoisotopic (exact) mass is 351 g/mol. The lowest BCUT2D eigenvalue weighted by molar-refractivity contribution is 0.102.